The first kappa shape index (κ1) is 19.2. The summed E-state index contributed by atoms with van der Waals surface area (Å²) in [6, 6.07) is 16.0. The lowest BCUT2D eigenvalue weighted by molar-refractivity contribution is -0.117. The number of anilines is 2. The van der Waals surface area contributed by atoms with E-state index in [0.29, 0.717) is 12.8 Å². The summed E-state index contributed by atoms with van der Waals surface area (Å²) in [6.07, 6.45) is 2.70. The molecule has 0 saturated carbocycles. The molecule has 142 valence electrons. The van der Waals surface area contributed by atoms with Gasteiger partial charge in [0.1, 0.15) is 0 Å². The van der Waals surface area contributed by atoms with Crippen LogP contribution in [0.2, 0.25) is 0 Å². The summed E-state index contributed by atoms with van der Waals surface area (Å²) in [7, 11) is 0. The number of benzene rings is 2. The van der Waals surface area contributed by atoms with Crippen LogP contribution in [0, 0.1) is 0 Å². The number of amides is 2. The van der Waals surface area contributed by atoms with E-state index in [1.54, 1.807) is 4.90 Å². The summed E-state index contributed by atoms with van der Waals surface area (Å²) in [5.74, 6) is 0.171. The summed E-state index contributed by atoms with van der Waals surface area (Å²) in [4.78, 5) is 25.8. The van der Waals surface area contributed by atoms with Gasteiger partial charge in [-0.05, 0) is 53.6 Å². The van der Waals surface area contributed by atoms with Crippen molar-refractivity contribution in [1.82, 2.24) is 0 Å². The van der Waals surface area contributed by atoms with Gasteiger partial charge < -0.3 is 10.2 Å². The highest BCUT2D eigenvalue weighted by molar-refractivity contribution is 5.96. The van der Waals surface area contributed by atoms with E-state index in [1.807, 2.05) is 24.3 Å². The third-order valence-corrected chi connectivity index (χ3v) is 5.00. The van der Waals surface area contributed by atoms with Gasteiger partial charge in [-0.1, -0.05) is 45.0 Å². The minimum absolute atomic E-state index is 0.0000955. The van der Waals surface area contributed by atoms with Gasteiger partial charge >= 0.3 is 0 Å². The van der Waals surface area contributed by atoms with E-state index in [0.717, 1.165) is 30.8 Å². The summed E-state index contributed by atoms with van der Waals surface area (Å²) >= 11 is 0. The highest BCUT2D eigenvalue weighted by atomic mass is 16.2. The highest BCUT2D eigenvalue weighted by Gasteiger charge is 2.21. The van der Waals surface area contributed by atoms with Crippen molar-refractivity contribution in [1.29, 1.82) is 0 Å². The molecule has 1 fully saturated rings. The minimum atomic E-state index is -0.0000955. The molecular weight excluding hydrogens is 336 g/mol. The number of nitrogens with one attached hydrogen (secondary N) is 1. The van der Waals surface area contributed by atoms with Gasteiger partial charge in [-0.3, -0.25) is 9.59 Å². The summed E-state index contributed by atoms with van der Waals surface area (Å²) in [5.41, 5.74) is 4.27. The van der Waals surface area contributed by atoms with Crippen LogP contribution in [0.4, 0.5) is 11.4 Å². The number of aryl methyl sites for hydroxylation is 1. The Morgan fingerprint density at radius 3 is 2.26 bits per heavy atom. The average molecular weight is 364 g/mol. The molecule has 1 aliphatic heterocycles. The van der Waals surface area contributed by atoms with Gasteiger partial charge in [0, 0.05) is 30.8 Å². The van der Waals surface area contributed by atoms with Crippen LogP contribution < -0.4 is 10.2 Å². The molecule has 4 heteroatoms. The van der Waals surface area contributed by atoms with E-state index in [-0.39, 0.29) is 17.2 Å². The second-order valence-corrected chi connectivity index (χ2v) is 8.19. The van der Waals surface area contributed by atoms with Crippen LogP contribution in [0.1, 0.15) is 51.2 Å². The zero-order valence-electron chi connectivity index (χ0n) is 16.4. The van der Waals surface area contributed by atoms with Gasteiger partial charge in [0.25, 0.3) is 0 Å². The van der Waals surface area contributed by atoms with Crippen LogP contribution in [-0.2, 0) is 21.4 Å². The van der Waals surface area contributed by atoms with Crippen molar-refractivity contribution in [2.24, 2.45) is 0 Å². The monoisotopic (exact) mass is 364 g/mol. The van der Waals surface area contributed by atoms with Gasteiger partial charge in [0.05, 0.1) is 0 Å². The van der Waals surface area contributed by atoms with Crippen LogP contribution in [0.15, 0.2) is 48.5 Å². The van der Waals surface area contributed by atoms with Crippen molar-refractivity contribution in [2.75, 3.05) is 16.8 Å². The number of nitrogens with zero attached hydrogens (tertiary/aromatic N) is 1. The molecule has 2 aromatic rings. The standard InChI is InChI=1S/C23H28N2O2/c1-23(2,3)18-9-6-17(7-10-18)8-15-21(26)24-19-11-13-20(14-12-19)25-16-4-5-22(25)27/h6-7,9-14H,4-5,8,15-16H2,1-3H3,(H,24,26). The van der Waals surface area contributed by atoms with E-state index in [4.69, 9.17) is 0 Å². The fourth-order valence-corrected chi connectivity index (χ4v) is 3.30. The van der Waals surface area contributed by atoms with E-state index >= 15 is 0 Å². The molecule has 0 bridgehead atoms. The first-order valence-corrected chi connectivity index (χ1v) is 9.63. The lowest BCUT2D eigenvalue weighted by atomic mass is 9.86. The Morgan fingerprint density at radius 1 is 1.04 bits per heavy atom. The fourth-order valence-electron chi connectivity index (χ4n) is 3.30. The fraction of sp³-hybridized carbons (Fsp3) is 0.391. The molecule has 27 heavy (non-hydrogen) atoms. The predicted octanol–water partition coefficient (Wildman–Crippen LogP) is 4.68. The number of carbonyl (C=O) groups excluding carboxylic acids is 2. The maximum atomic E-state index is 12.2. The molecule has 0 aromatic heterocycles. The number of rotatable bonds is 5. The van der Waals surface area contributed by atoms with Gasteiger partial charge in [0.15, 0.2) is 0 Å². The smallest absolute Gasteiger partial charge is 0.227 e. The molecule has 1 heterocycles. The van der Waals surface area contributed by atoms with Crippen molar-refractivity contribution in [3.63, 3.8) is 0 Å². The zero-order chi connectivity index (χ0) is 19.4. The molecule has 0 radical (unpaired) electrons. The largest absolute Gasteiger partial charge is 0.326 e. The summed E-state index contributed by atoms with van der Waals surface area (Å²) in [5, 5.41) is 2.93. The van der Waals surface area contributed by atoms with Crippen molar-refractivity contribution < 1.29 is 9.59 Å². The maximum absolute atomic E-state index is 12.2. The van der Waals surface area contributed by atoms with Gasteiger partial charge in [-0.25, -0.2) is 0 Å². The Labute approximate surface area is 161 Å². The Bertz CT molecular complexity index is 802. The van der Waals surface area contributed by atoms with Crippen LogP contribution in [0.25, 0.3) is 0 Å². The van der Waals surface area contributed by atoms with Crippen molar-refractivity contribution in [3.8, 4) is 0 Å². The highest BCUT2D eigenvalue weighted by Crippen LogP contribution is 2.24. The first-order valence-electron chi connectivity index (χ1n) is 9.63. The molecule has 1 N–H and O–H groups in total. The SMILES string of the molecule is CC(C)(C)c1ccc(CCC(=O)Nc2ccc(N3CCCC3=O)cc2)cc1. The molecule has 0 spiro atoms. The molecule has 1 aliphatic rings. The third kappa shape index (κ3) is 4.97. The maximum Gasteiger partial charge on any atom is 0.227 e. The number of hydrogen-bond donors (Lipinski definition) is 1. The van der Waals surface area contributed by atoms with E-state index in [2.05, 4.69) is 50.4 Å². The molecule has 4 nitrogen and oxygen atoms in total. The number of hydrogen-bond acceptors (Lipinski definition) is 2. The van der Waals surface area contributed by atoms with Crippen LogP contribution >= 0.6 is 0 Å². The molecule has 0 atom stereocenters. The predicted molar refractivity (Wildman–Crippen MR) is 110 cm³/mol. The van der Waals surface area contributed by atoms with Crippen LogP contribution in [0.5, 0.6) is 0 Å². The molecule has 1 saturated heterocycles. The van der Waals surface area contributed by atoms with Gasteiger partial charge in [-0.2, -0.15) is 0 Å². The van der Waals surface area contributed by atoms with Crippen molar-refractivity contribution in [3.05, 3.63) is 59.7 Å². The van der Waals surface area contributed by atoms with Crippen molar-refractivity contribution in [2.45, 2.75) is 51.9 Å². The second kappa shape index (κ2) is 7.95. The van der Waals surface area contributed by atoms with Gasteiger partial charge in [-0.15, -0.1) is 0 Å². The third-order valence-electron chi connectivity index (χ3n) is 5.00. The molecule has 0 unspecified atom stereocenters. The molecule has 2 amide bonds. The minimum Gasteiger partial charge on any atom is -0.326 e. The van der Waals surface area contributed by atoms with Crippen molar-refractivity contribution >= 4 is 23.2 Å². The molecule has 2 aromatic carbocycles. The molecular formula is C23H28N2O2. The summed E-state index contributed by atoms with van der Waals surface area (Å²) < 4.78 is 0. The number of carbonyl (C=O) groups is 2. The van der Waals surface area contributed by atoms with E-state index < -0.39 is 0 Å². The van der Waals surface area contributed by atoms with Gasteiger partial charge in [0.2, 0.25) is 11.8 Å². The lowest BCUT2D eigenvalue weighted by Crippen LogP contribution is -2.23. The lowest BCUT2D eigenvalue weighted by Gasteiger charge is -2.19. The quantitative estimate of drug-likeness (QED) is 0.837. The molecule has 3 rings (SSSR count). The Balaban J connectivity index is 1.51. The Hall–Kier alpha value is -2.62. The second-order valence-electron chi connectivity index (χ2n) is 8.19. The normalized spacial score (nSPS) is 14.5. The van der Waals surface area contributed by atoms with Crippen LogP contribution in [-0.4, -0.2) is 18.4 Å². The molecule has 0 aliphatic carbocycles. The van der Waals surface area contributed by atoms with E-state index in [9.17, 15) is 9.59 Å². The zero-order valence-corrected chi connectivity index (χ0v) is 16.4. The van der Waals surface area contributed by atoms with Crippen LogP contribution in [0.3, 0.4) is 0 Å². The van der Waals surface area contributed by atoms with E-state index in [1.165, 1.54) is 11.1 Å². The summed E-state index contributed by atoms with van der Waals surface area (Å²) in [6.45, 7) is 7.36. The Morgan fingerprint density at radius 2 is 1.70 bits per heavy atom. The first-order chi connectivity index (χ1) is 12.8. The topological polar surface area (TPSA) is 49.4 Å². The average Bonchev–Trinajstić information content (AvgIpc) is 3.06. The Kier molecular flexibility index (Phi) is 5.64.